The number of nitrogens with zero attached hydrogens (tertiary/aromatic N) is 2. The number of hydrogen-bond donors (Lipinski definition) is 1. The van der Waals surface area contributed by atoms with Crippen molar-refractivity contribution in [2.75, 3.05) is 19.7 Å². The maximum Gasteiger partial charge on any atom is 0.317 e. The second-order valence-corrected chi connectivity index (χ2v) is 8.08. The van der Waals surface area contributed by atoms with Crippen molar-refractivity contribution >= 4 is 17.4 Å². The first-order valence-corrected chi connectivity index (χ1v) is 10.6. The van der Waals surface area contributed by atoms with E-state index in [0.717, 1.165) is 38.0 Å². The molecule has 27 heavy (non-hydrogen) atoms. The number of nitrogens with one attached hydrogen (secondary N) is 1. The lowest BCUT2D eigenvalue weighted by Crippen LogP contribution is -2.43. The van der Waals surface area contributed by atoms with Gasteiger partial charge in [-0.3, -0.25) is 0 Å². The number of hydrogen-bond acceptors (Lipinski definition) is 4. The highest BCUT2D eigenvalue weighted by molar-refractivity contribution is 7.09. The van der Waals surface area contributed by atoms with Crippen LogP contribution in [-0.2, 0) is 17.7 Å². The van der Waals surface area contributed by atoms with Crippen LogP contribution in [-0.4, -0.2) is 41.7 Å². The number of thiazole rings is 1. The molecule has 5 nitrogen and oxygen atoms in total. The van der Waals surface area contributed by atoms with E-state index < -0.39 is 0 Å². The van der Waals surface area contributed by atoms with Gasteiger partial charge in [-0.05, 0) is 50.7 Å². The highest BCUT2D eigenvalue weighted by atomic mass is 32.1. The third-order valence-corrected chi connectivity index (χ3v) is 6.05. The summed E-state index contributed by atoms with van der Waals surface area (Å²) < 4.78 is 5.76. The third kappa shape index (κ3) is 5.78. The number of urea groups is 1. The number of carbonyl (C=O) groups excluding carboxylic acids is 1. The fourth-order valence-electron chi connectivity index (χ4n) is 3.37. The summed E-state index contributed by atoms with van der Waals surface area (Å²) in [6, 6.07) is 8.24. The summed E-state index contributed by atoms with van der Waals surface area (Å²) in [5, 5.41) is 3.09. The van der Waals surface area contributed by atoms with E-state index in [4.69, 9.17) is 4.74 Å². The van der Waals surface area contributed by atoms with E-state index in [9.17, 15) is 4.79 Å². The number of ether oxygens (including phenoxy) is 1. The standard InChI is InChI=1S/C21H29N3O2S/c1-16-7-3-4-8-18(16)13-24(14-19-9-6-12-26-19)21(25)22-11-5-10-20-17(2)23-15-27-20/h3-4,7-8,15,19H,5-6,9-14H2,1-2H3,(H,22,25). The Morgan fingerprint density at radius 3 is 2.93 bits per heavy atom. The van der Waals surface area contributed by atoms with Gasteiger partial charge < -0.3 is 15.0 Å². The molecule has 2 heterocycles. The molecule has 1 aromatic heterocycles. The zero-order chi connectivity index (χ0) is 19.1. The smallest absolute Gasteiger partial charge is 0.317 e. The van der Waals surface area contributed by atoms with Crippen molar-refractivity contribution in [3.05, 3.63) is 51.5 Å². The van der Waals surface area contributed by atoms with Crippen LogP contribution in [0.5, 0.6) is 0 Å². The van der Waals surface area contributed by atoms with Crippen LogP contribution in [0.1, 0.15) is 41.0 Å². The number of aryl methyl sites for hydroxylation is 3. The Balaban J connectivity index is 1.54. The molecule has 2 amide bonds. The van der Waals surface area contributed by atoms with Crippen molar-refractivity contribution in [2.24, 2.45) is 0 Å². The number of amides is 2. The molecule has 3 rings (SSSR count). The number of aromatic nitrogens is 1. The molecule has 1 aliphatic rings. The molecule has 2 aromatic rings. The molecule has 1 unspecified atom stereocenters. The number of rotatable bonds is 8. The zero-order valence-electron chi connectivity index (χ0n) is 16.2. The molecule has 1 N–H and O–H groups in total. The monoisotopic (exact) mass is 387 g/mol. The van der Waals surface area contributed by atoms with Gasteiger partial charge in [-0.25, -0.2) is 9.78 Å². The van der Waals surface area contributed by atoms with Gasteiger partial charge in [0.25, 0.3) is 0 Å². The quantitative estimate of drug-likeness (QED) is 0.694. The fraction of sp³-hybridized carbons (Fsp3) is 0.524. The molecule has 1 aromatic carbocycles. The van der Waals surface area contributed by atoms with Gasteiger partial charge in [0.1, 0.15) is 0 Å². The average Bonchev–Trinajstić information content (AvgIpc) is 3.31. The maximum absolute atomic E-state index is 12.8. The van der Waals surface area contributed by atoms with E-state index in [0.29, 0.717) is 19.6 Å². The first-order valence-electron chi connectivity index (χ1n) is 9.71. The minimum Gasteiger partial charge on any atom is -0.376 e. The van der Waals surface area contributed by atoms with Gasteiger partial charge in [0.2, 0.25) is 0 Å². The van der Waals surface area contributed by atoms with Crippen LogP contribution >= 0.6 is 11.3 Å². The zero-order valence-corrected chi connectivity index (χ0v) is 17.1. The van der Waals surface area contributed by atoms with E-state index in [1.54, 1.807) is 11.3 Å². The molecule has 146 valence electrons. The molecule has 0 spiro atoms. The van der Waals surface area contributed by atoms with Crippen molar-refractivity contribution in [1.82, 2.24) is 15.2 Å². The predicted molar refractivity (Wildman–Crippen MR) is 109 cm³/mol. The van der Waals surface area contributed by atoms with E-state index in [1.807, 2.05) is 29.5 Å². The summed E-state index contributed by atoms with van der Waals surface area (Å²) in [6.45, 7) is 6.87. The lowest BCUT2D eigenvalue weighted by atomic mass is 10.1. The Bertz CT molecular complexity index is 741. The molecule has 6 heteroatoms. The normalized spacial score (nSPS) is 16.4. The number of carbonyl (C=O) groups is 1. The molecule has 1 aliphatic heterocycles. The Kier molecular flexibility index (Phi) is 7.24. The van der Waals surface area contributed by atoms with E-state index in [-0.39, 0.29) is 12.1 Å². The van der Waals surface area contributed by atoms with Crippen molar-refractivity contribution in [3.8, 4) is 0 Å². The van der Waals surface area contributed by atoms with Crippen molar-refractivity contribution in [2.45, 2.75) is 52.2 Å². The van der Waals surface area contributed by atoms with E-state index >= 15 is 0 Å². The molecular formula is C21H29N3O2S. The highest BCUT2D eigenvalue weighted by Gasteiger charge is 2.23. The van der Waals surface area contributed by atoms with Crippen LogP contribution < -0.4 is 5.32 Å². The van der Waals surface area contributed by atoms with Crippen LogP contribution in [0.2, 0.25) is 0 Å². The van der Waals surface area contributed by atoms with Gasteiger partial charge in [0.05, 0.1) is 17.3 Å². The molecule has 0 radical (unpaired) electrons. The SMILES string of the molecule is Cc1ccccc1CN(CC1CCCO1)C(=O)NCCCc1scnc1C. The lowest BCUT2D eigenvalue weighted by molar-refractivity contribution is 0.0794. The highest BCUT2D eigenvalue weighted by Crippen LogP contribution is 2.17. The van der Waals surface area contributed by atoms with Gasteiger partial charge >= 0.3 is 6.03 Å². The average molecular weight is 388 g/mol. The topological polar surface area (TPSA) is 54.5 Å². The summed E-state index contributed by atoms with van der Waals surface area (Å²) in [6.07, 6.45) is 4.15. The Morgan fingerprint density at radius 2 is 2.22 bits per heavy atom. The summed E-state index contributed by atoms with van der Waals surface area (Å²) in [4.78, 5) is 20.3. The van der Waals surface area contributed by atoms with E-state index in [1.165, 1.54) is 16.0 Å². The predicted octanol–water partition coefficient (Wildman–Crippen LogP) is 4.08. The number of benzene rings is 1. The molecule has 1 fully saturated rings. The lowest BCUT2D eigenvalue weighted by Gasteiger charge is -2.26. The third-order valence-electron chi connectivity index (χ3n) is 5.06. The second-order valence-electron chi connectivity index (χ2n) is 7.14. The van der Waals surface area contributed by atoms with Gasteiger partial charge in [-0.2, -0.15) is 0 Å². The van der Waals surface area contributed by atoms with Crippen LogP contribution in [0.3, 0.4) is 0 Å². The van der Waals surface area contributed by atoms with Crippen molar-refractivity contribution in [3.63, 3.8) is 0 Å². The minimum atomic E-state index is -0.00483. The molecular weight excluding hydrogens is 358 g/mol. The molecule has 0 saturated carbocycles. The Labute approximate surface area is 165 Å². The Hall–Kier alpha value is -1.92. The molecule has 1 saturated heterocycles. The molecule has 0 aliphatic carbocycles. The van der Waals surface area contributed by atoms with E-state index in [2.05, 4.69) is 29.4 Å². The summed E-state index contributed by atoms with van der Waals surface area (Å²) in [5.74, 6) is 0. The first kappa shape index (κ1) is 19.8. The molecule has 0 bridgehead atoms. The van der Waals surface area contributed by atoms with Gasteiger partial charge in [0, 0.05) is 31.1 Å². The van der Waals surface area contributed by atoms with Gasteiger partial charge in [-0.1, -0.05) is 24.3 Å². The van der Waals surface area contributed by atoms with Crippen LogP contribution in [0, 0.1) is 13.8 Å². The maximum atomic E-state index is 12.8. The largest absolute Gasteiger partial charge is 0.376 e. The summed E-state index contributed by atoms with van der Waals surface area (Å²) in [5.41, 5.74) is 5.38. The summed E-state index contributed by atoms with van der Waals surface area (Å²) >= 11 is 1.69. The minimum absolute atomic E-state index is 0.00483. The first-order chi connectivity index (χ1) is 13.1. The van der Waals surface area contributed by atoms with Crippen LogP contribution in [0.25, 0.3) is 0 Å². The van der Waals surface area contributed by atoms with Crippen LogP contribution in [0.4, 0.5) is 4.79 Å². The molecule has 1 atom stereocenters. The second kappa shape index (κ2) is 9.85. The van der Waals surface area contributed by atoms with Crippen LogP contribution in [0.15, 0.2) is 29.8 Å². The fourth-order valence-corrected chi connectivity index (χ4v) is 4.19. The van der Waals surface area contributed by atoms with Gasteiger partial charge in [0.15, 0.2) is 0 Å². The van der Waals surface area contributed by atoms with Crippen molar-refractivity contribution < 1.29 is 9.53 Å². The van der Waals surface area contributed by atoms with Gasteiger partial charge in [-0.15, -0.1) is 11.3 Å². The van der Waals surface area contributed by atoms with Crippen molar-refractivity contribution in [1.29, 1.82) is 0 Å². The summed E-state index contributed by atoms with van der Waals surface area (Å²) in [7, 11) is 0. The Morgan fingerprint density at radius 1 is 1.37 bits per heavy atom.